The van der Waals surface area contributed by atoms with Gasteiger partial charge in [-0.25, -0.2) is 0 Å². The Kier molecular flexibility index (Phi) is 6.78. The van der Waals surface area contributed by atoms with Crippen LogP contribution in [0.2, 0.25) is 0 Å². The van der Waals surface area contributed by atoms with Gasteiger partial charge in [-0.1, -0.05) is 38.3 Å². The average Bonchev–Trinajstić information content (AvgIpc) is 2.58. The zero-order valence-corrected chi connectivity index (χ0v) is 15.0. The van der Waals surface area contributed by atoms with Crippen LogP contribution in [0.25, 0.3) is 0 Å². The third-order valence-corrected chi connectivity index (χ3v) is 5.79. The van der Waals surface area contributed by atoms with Crippen LogP contribution in [-0.2, 0) is 4.79 Å². The highest BCUT2D eigenvalue weighted by Crippen LogP contribution is 2.30. The minimum Gasteiger partial charge on any atom is -0.496 e. The molecule has 128 valence electrons. The van der Waals surface area contributed by atoms with Crippen LogP contribution in [0.4, 0.5) is 0 Å². The highest BCUT2D eigenvalue weighted by atomic mass is 32.2. The van der Waals surface area contributed by atoms with Gasteiger partial charge in [-0.2, -0.15) is 0 Å². The molecule has 3 N–H and O–H groups in total. The summed E-state index contributed by atoms with van der Waals surface area (Å²) in [5.41, 5.74) is 5.61. The summed E-state index contributed by atoms with van der Waals surface area (Å²) in [6, 6.07) is 8.01. The lowest BCUT2D eigenvalue weighted by molar-refractivity contribution is -0.127. The number of thioether (sulfide) groups is 1. The molecule has 0 radical (unpaired) electrons. The van der Waals surface area contributed by atoms with E-state index in [4.69, 9.17) is 10.5 Å². The molecule has 1 amide bonds. The summed E-state index contributed by atoms with van der Waals surface area (Å²) in [6.07, 6.45) is 4.93. The predicted molar refractivity (Wildman–Crippen MR) is 95.9 cm³/mol. The first-order chi connectivity index (χ1) is 11.0. The molecular weight excluding hydrogens is 308 g/mol. The number of hydrogen-bond donors (Lipinski definition) is 2. The smallest absolute Gasteiger partial charge is 0.240 e. The number of nitrogens with one attached hydrogen (secondary N) is 1. The Hall–Kier alpha value is -1.20. The molecular formula is C18H28N2O2S. The summed E-state index contributed by atoms with van der Waals surface area (Å²) >= 11 is 1.76. The van der Waals surface area contributed by atoms with Crippen LogP contribution >= 0.6 is 11.8 Å². The van der Waals surface area contributed by atoms with Gasteiger partial charge in [0, 0.05) is 17.2 Å². The summed E-state index contributed by atoms with van der Waals surface area (Å²) in [5, 5.41) is 3.05. The highest BCUT2D eigenvalue weighted by molar-refractivity contribution is 7.99. The second kappa shape index (κ2) is 8.60. The van der Waals surface area contributed by atoms with Crippen LogP contribution in [-0.4, -0.2) is 30.9 Å². The zero-order valence-electron chi connectivity index (χ0n) is 14.1. The lowest BCUT2D eigenvalue weighted by Crippen LogP contribution is -2.55. The second-order valence-corrected chi connectivity index (χ2v) is 7.56. The fourth-order valence-corrected chi connectivity index (χ4v) is 3.93. The third kappa shape index (κ3) is 5.15. The molecule has 1 atom stereocenters. The van der Waals surface area contributed by atoms with Crippen LogP contribution in [0.15, 0.2) is 29.2 Å². The molecule has 1 aliphatic carbocycles. The SMILES string of the molecule is COc1ccccc1SCC(C)CNC(=O)C1(N)CCCCC1. The van der Waals surface area contributed by atoms with Crippen molar-refractivity contribution in [1.29, 1.82) is 0 Å². The van der Waals surface area contributed by atoms with Crippen LogP contribution < -0.4 is 15.8 Å². The molecule has 1 aliphatic rings. The maximum atomic E-state index is 12.3. The normalized spacial score (nSPS) is 18.2. The van der Waals surface area contributed by atoms with Gasteiger partial charge in [0.1, 0.15) is 5.75 Å². The molecule has 0 aromatic heterocycles. The number of methoxy groups -OCH3 is 1. The minimum atomic E-state index is -0.645. The van der Waals surface area contributed by atoms with Gasteiger partial charge in [-0.3, -0.25) is 4.79 Å². The van der Waals surface area contributed by atoms with E-state index in [1.165, 1.54) is 6.42 Å². The predicted octanol–water partition coefficient (Wildman–Crippen LogP) is 3.20. The van der Waals surface area contributed by atoms with Gasteiger partial charge >= 0.3 is 0 Å². The number of nitrogens with two attached hydrogens (primary N) is 1. The molecule has 0 spiro atoms. The van der Waals surface area contributed by atoms with Gasteiger partial charge in [-0.15, -0.1) is 11.8 Å². The van der Waals surface area contributed by atoms with E-state index >= 15 is 0 Å². The Bertz CT molecular complexity index is 515. The average molecular weight is 337 g/mol. The van der Waals surface area contributed by atoms with Crippen molar-refractivity contribution in [3.8, 4) is 5.75 Å². The lowest BCUT2D eigenvalue weighted by atomic mass is 9.82. The number of ether oxygens (including phenoxy) is 1. The Balaban J connectivity index is 1.76. The summed E-state index contributed by atoms with van der Waals surface area (Å²) in [7, 11) is 1.69. The first kappa shape index (κ1) is 18.1. The molecule has 1 unspecified atom stereocenters. The largest absolute Gasteiger partial charge is 0.496 e. The van der Waals surface area contributed by atoms with Crippen LogP contribution in [0.5, 0.6) is 5.75 Å². The van der Waals surface area contributed by atoms with Gasteiger partial charge in [0.25, 0.3) is 0 Å². The summed E-state index contributed by atoms with van der Waals surface area (Å²) in [4.78, 5) is 13.5. The first-order valence-corrected chi connectivity index (χ1v) is 9.37. The fourth-order valence-electron chi connectivity index (χ4n) is 2.88. The van der Waals surface area contributed by atoms with Crippen molar-refractivity contribution in [2.24, 2.45) is 11.7 Å². The Morgan fingerprint density at radius 1 is 1.35 bits per heavy atom. The second-order valence-electron chi connectivity index (χ2n) is 6.49. The number of carbonyl (C=O) groups excluding carboxylic acids is 1. The molecule has 1 saturated carbocycles. The van der Waals surface area contributed by atoms with Gasteiger partial charge in [0.15, 0.2) is 0 Å². The highest BCUT2D eigenvalue weighted by Gasteiger charge is 2.35. The molecule has 5 heteroatoms. The van der Waals surface area contributed by atoms with E-state index in [0.717, 1.165) is 42.1 Å². The monoisotopic (exact) mass is 336 g/mol. The van der Waals surface area contributed by atoms with Crippen molar-refractivity contribution in [2.75, 3.05) is 19.4 Å². The Labute approximate surface area is 143 Å². The molecule has 0 aliphatic heterocycles. The summed E-state index contributed by atoms with van der Waals surface area (Å²) in [6.45, 7) is 2.81. The standard InChI is InChI=1S/C18H28N2O2S/c1-14(13-23-16-9-5-4-8-15(16)22-2)12-20-17(21)18(19)10-6-3-7-11-18/h4-5,8-9,14H,3,6-7,10-13,19H2,1-2H3,(H,20,21). The third-order valence-electron chi connectivity index (χ3n) is 4.40. The number of carbonyl (C=O) groups is 1. The summed E-state index contributed by atoms with van der Waals surface area (Å²) in [5.74, 6) is 2.22. The molecule has 23 heavy (non-hydrogen) atoms. The van der Waals surface area contributed by atoms with Crippen molar-refractivity contribution in [3.05, 3.63) is 24.3 Å². The molecule has 1 aromatic rings. The molecule has 2 rings (SSSR count). The van der Waals surface area contributed by atoms with E-state index in [1.807, 2.05) is 18.2 Å². The molecule has 1 aromatic carbocycles. The van der Waals surface area contributed by atoms with Crippen LogP contribution in [0.3, 0.4) is 0 Å². The van der Waals surface area contributed by atoms with E-state index in [2.05, 4.69) is 18.3 Å². The van der Waals surface area contributed by atoms with Gasteiger partial charge in [-0.05, 0) is 30.9 Å². The molecule has 1 fully saturated rings. The quantitative estimate of drug-likeness (QED) is 0.751. The number of hydrogen-bond acceptors (Lipinski definition) is 4. The van der Waals surface area contributed by atoms with E-state index < -0.39 is 5.54 Å². The van der Waals surface area contributed by atoms with Crippen LogP contribution in [0, 0.1) is 5.92 Å². The number of benzene rings is 1. The van der Waals surface area contributed by atoms with Crippen molar-refractivity contribution in [2.45, 2.75) is 49.5 Å². The fraction of sp³-hybridized carbons (Fsp3) is 0.611. The van der Waals surface area contributed by atoms with E-state index in [9.17, 15) is 4.79 Å². The van der Waals surface area contributed by atoms with E-state index in [-0.39, 0.29) is 5.91 Å². The number of amides is 1. The topological polar surface area (TPSA) is 64.3 Å². The summed E-state index contributed by atoms with van der Waals surface area (Å²) < 4.78 is 5.36. The Morgan fingerprint density at radius 2 is 2.04 bits per heavy atom. The zero-order chi connectivity index (χ0) is 16.7. The van der Waals surface area contributed by atoms with Gasteiger partial charge < -0.3 is 15.8 Å². The van der Waals surface area contributed by atoms with Crippen molar-refractivity contribution < 1.29 is 9.53 Å². The van der Waals surface area contributed by atoms with Gasteiger partial charge in [0.05, 0.1) is 12.6 Å². The lowest BCUT2D eigenvalue weighted by Gasteiger charge is -2.32. The molecule has 0 bridgehead atoms. The maximum absolute atomic E-state index is 12.3. The van der Waals surface area contributed by atoms with Crippen molar-refractivity contribution in [3.63, 3.8) is 0 Å². The number of rotatable bonds is 7. The van der Waals surface area contributed by atoms with Crippen LogP contribution in [0.1, 0.15) is 39.0 Å². The van der Waals surface area contributed by atoms with Crippen molar-refractivity contribution >= 4 is 17.7 Å². The Morgan fingerprint density at radius 3 is 2.74 bits per heavy atom. The molecule has 0 heterocycles. The van der Waals surface area contributed by atoms with Gasteiger partial charge in [0.2, 0.25) is 5.91 Å². The first-order valence-electron chi connectivity index (χ1n) is 8.38. The minimum absolute atomic E-state index is 0.0198. The van der Waals surface area contributed by atoms with E-state index in [0.29, 0.717) is 12.5 Å². The van der Waals surface area contributed by atoms with Crippen molar-refractivity contribution in [1.82, 2.24) is 5.32 Å². The number of para-hydroxylation sites is 1. The molecule has 4 nitrogen and oxygen atoms in total. The maximum Gasteiger partial charge on any atom is 0.240 e. The molecule has 0 saturated heterocycles. The van der Waals surface area contributed by atoms with E-state index in [1.54, 1.807) is 18.9 Å².